The van der Waals surface area contributed by atoms with Gasteiger partial charge in [-0.3, -0.25) is 14.5 Å². The number of methoxy groups -OCH3 is 1. The number of hydrogen-bond acceptors (Lipinski definition) is 5. The van der Waals surface area contributed by atoms with Gasteiger partial charge in [-0.25, -0.2) is 0 Å². The van der Waals surface area contributed by atoms with Crippen molar-refractivity contribution in [2.75, 3.05) is 19.1 Å². The van der Waals surface area contributed by atoms with Crippen LogP contribution in [0.25, 0.3) is 6.08 Å². The van der Waals surface area contributed by atoms with Crippen molar-refractivity contribution >= 4 is 34.7 Å². The Hall–Kier alpha value is -2.73. The predicted octanol–water partition coefficient (Wildman–Crippen LogP) is 4.11. The number of thioether (sulfide) groups is 1. The molecule has 2 aromatic carbocycles. The average Bonchev–Trinajstić information content (AvgIpc) is 2.87. The molecule has 0 spiro atoms. The first-order chi connectivity index (χ1) is 12.1. The highest BCUT2D eigenvalue weighted by molar-refractivity contribution is 8.18. The van der Waals surface area contributed by atoms with E-state index in [0.717, 1.165) is 28.6 Å². The van der Waals surface area contributed by atoms with E-state index in [1.165, 1.54) is 4.90 Å². The molecule has 2 amide bonds. The van der Waals surface area contributed by atoms with Gasteiger partial charge in [0.25, 0.3) is 11.1 Å². The van der Waals surface area contributed by atoms with Crippen LogP contribution in [0.5, 0.6) is 5.75 Å². The lowest BCUT2D eigenvalue weighted by Gasteiger charge is -2.14. The molecule has 0 radical (unpaired) electrons. The zero-order chi connectivity index (χ0) is 17.8. The van der Waals surface area contributed by atoms with Crippen molar-refractivity contribution in [3.05, 3.63) is 64.6 Å². The zero-order valence-electron chi connectivity index (χ0n) is 14.0. The number of nitrogens with zero attached hydrogens (tertiary/aromatic N) is 1. The Balaban J connectivity index is 1.75. The summed E-state index contributed by atoms with van der Waals surface area (Å²) in [5, 5.41) is 2.83. The topological polar surface area (TPSA) is 58.6 Å². The number of nitrogens with one attached hydrogen (secondary N) is 1. The third kappa shape index (κ3) is 3.85. The molecular formula is C19H18N2O3S. The second-order valence-electron chi connectivity index (χ2n) is 5.56. The summed E-state index contributed by atoms with van der Waals surface area (Å²) < 4.78 is 5.29. The molecule has 1 fully saturated rings. The maximum Gasteiger partial charge on any atom is 0.295 e. The molecule has 128 valence electrons. The van der Waals surface area contributed by atoms with Crippen molar-refractivity contribution in [3.63, 3.8) is 0 Å². The van der Waals surface area contributed by atoms with E-state index in [2.05, 4.69) is 5.32 Å². The van der Waals surface area contributed by atoms with E-state index in [4.69, 9.17) is 4.74 Å². The second-order valence-corrected chi connectivity index (χ2v) is 6.55. The molecule has 0 unspecified atom stereocenters. The first-order valence-corrected chi connectivity index (χ1v) is 8.59. The number of benzene rings is 2. The Morgan fingerprint density at radius 1 is 1.16 bits per heavy atom. The lowest BCUT2D eigenvalue weighted by Crippen LogP contribution is -2.33. The number of carbonyl (C=O) groups excluding carboxylic acids is 2. The summed E-state index contributed by atoms with van der Waals surface area (Å²) in [5.41, 5.74) is 2.74. The molecule has 5 nitrogen and oxygen atoms in total. The largest absolute Gasteiger partial charge is 0.496 e. The molecule has 3 rings (SSSR count). The van der Waals surface area contributed by atoms with E-state index in [-0.39, 0.29) is 17.8 Å². The number of amides is 2. The number of para-hydroxylation sites is 1. The maximum absolute atomic E-state index is 12.5. The fraction of sp³-hybridized carbons (Fsp3) is 0.158. The molecule has 1 heterocycles. The lowest BCUT2D eigenvalue weighted by atomic mass is 10.2. The third-order valence-corrected chi connectivity index (χ3v) is 4.67. The number of anilines is 1. The first kappa shape index (κ1) is 17.1. The monoisotopic (exact) mass is 354 g/mol. The molecule has 0 aromatic heterocycles. The molecular weight excluding hydrogens is 336 g/mol. The Morgan fingerprint density at radius 2 is 1.96 bits per heavy atom. The number of imide groups is 1. The van der Waals surface area contributed by atoms with Gasteiger partial charge in [0.15, 0.2) is 0 Å². The highest BCUT2D eigenvalue weighted by Gasteiger charge is 2.34. The molecule has 1 N–H and O–H groups in total. The van der Waals surface area contributed by atoms with Crippen molar-refractivity contribution < 1.29 is 14.3 Å². The Kier molecular flexibility index (Phi) is 5.09. The molecule has 0 saturated carbocycles. The fourth-order valence-electron chi connectivity index (χ4n) is 2.49. The summed E-state index contributed by atoms with van der Waals surface area (Å²) in [4.78, 5) is 26.3. The highest BCUT2D eigenvalue weighted by Crippen LogP contribution is 2.33. The summed E-state index contributed by atoms with van der Waals surface area (Å²) in [6, 6.07) is 15.1. The van der Waals surface area contributed by atoms with E-state index < -0.39 is 0 Å². The van der Waals surface area contributed by atoms with Crippen LogP contribution in [0.1, 0.15) is 11.1 Å². The summed E-state index contributed by atoms with van der Waals surface area (Å²) in [7, 11) is 1.57. The van der Waals surface area contributed by atoms with Crippen LogP contribution in [-0.2, 0) is 4.79 Å². The van der Waals surface area contributed by atoms with E-state index >= 15 is 0 Å². The van der Waals surface area contributed by atoms with Crippen LogP contribution in [0.2, 0.25) is 0 Å². The van der Waals surface area contributed by atoms with Crippen LogP contribution in [-0.4, -0.2) is 29.8 Å². The van der Waals surface area contributed by atoms with Gasteiger partial charge in [-0.15, -0.1) is 0 Å². The summed E-state index contributed by atoms with van der Waals surface area (Å²) in [6.07, 6.45) is 1.69. The molecule has 0 bridgehead atoms. The molecule has 6 heteroatoms. The zero-order valence-corrected chi connectivity index (χ0v) is 14.8. The smallest absolute Gasteiger partial charge is 0.295 e. The van der Waals surface area contributed by atoms with Gasteiger partial charge >= 0.3 is 0 Å². The van der Waals surface area contributed by atoms with Gasteiger partial charge in [0.2, 0.25) is 0 Å². The quantitative estimate of drug-likeness (QED) is 0.819. The molecule has 1 aliphatic heterocycles. The minimum atomic E-state index is -0.305. The Labute approximate surface area is 150 Å². The standard InChI is InChI=1S/C19H18N2O3S/c1-13-6-5-8-15(10-13)20-12-21-18(22)17(25-19(21)23)11-14-7-3-4-9-16(14)24-2/h3-11,20H,12H2,1-2H3/b17-11-. The van der Waals surface area contributed by atoms with Crippen molar-refractivity contribution in [3.8, 4) is 5.75 Å². The number of hydrogen-bond donors (Lipinski definition) is 1. The van der Waals surface area contributed by atoms with Crippen LogP contribution >= 0.6 is 11.8 Å². The van der Waals surface area contributed by atoms with E-state index in [9.17, 15) is 9.59 Å². The molecule has 25 heavy (non-hydrogen) atoms. The van der Waals surface area contributed by atoms with Crippen LogP contribution in [0.15, 0.2) is 53.4 Å². The maximum atomic E-state index is 12.5. The molecule has 0 aliphatic carbocycles. The summed E-state index contributed by atoms with van der Waals surface area (Å²) in [6.45, 7) is 2.12. The SMILES string of the molecule is COc1ccccc1/C=C1\SC(=O)N(CNc2cccc(C)c2)C1=O. The lowest BCUT2D eigenvalue weighted by molar-refractivity contribution is -0.122. The minimum absolute atomic E-state index is 0.136. The van der Waals surface area contributed by atoms with Crippen LogP contribution < -0.4 is 10.1 Å². The highest BCUT2D eigenvalue weighted by atomic mass is 32.2. The fourth-order valence-corrected chi connectivity index (χ4v) is 3.32. The number of carbonyl (C=O) groups is 2. The van der Waals surface area contributed by atoms with Crippen molar-refractivity contribution in [1.82, 2.24) is 4.90 Å². The third-order valence-electron chi connectivity index (χ3n) is 3.76. The minimum Gasteiger partial charge on any atom is -0.496 e. The molecule has 1 saturated heterocycles. The Morgan fingerprint density at radius 3 is 2.72 bits per heavy atom. The summed E-state index contributed by atoms with van der Waals surface area (Å²) in [5.74, 6) is 0.355. The predicted molar refractivity (Wildman–Crippen MR) is 100 cm³/mol. The molecule has 2 aromatic rings. The van der Waals surface area contributed by atoms with Gasteiger partial charge in [0.1, 0.15) is 5.75 Å². The molecule has 0 atom stereocenters. The van der Waals surface area contributed by atoms with Crippen LogP contribution in [0.4, 0.5) is 10.5 Å². The van der Waals surface area contributed by atoms with Crippen molar-refractivity contribution in [2.45, 2.75) is 6.92 Å². The molecule has 1 aliphatic rings. The number of ether oxygens (including phenoxy) is 1. The van der Waals surface area contributed by atoms with Gasteiger partial charge in [-0.1, -0.05) is 30.3 Å². The van der Waals surface area contributed by atoms with E-state index in [1.807, 2.05) is 55.5 Å². The van der Waals surface area contributed by atoms with Gasteiger partial charge in [0.05, 0.1) is 18.7 Å². The second kappa shape index (κ2) is 7.44. The van der Waals surface area contributed by atoms with Crippen LogP contribution in [0, 0.1) is 6.92 Å². The van der Waals surface area contributed by atoms with E-state index in [0.29, 0.717) is 10.7 Å². The van der Waals surface area contributed by atoms with Crippen molar-refractivity contribution in [2.24, 2.45) is 0 Å². The van der Waals surface area contributed by atoms with Gasteiger partial charge in [-0.05, 0) is 48.5 Å². The van der Waals surface area contributed by atoms with Gasteiger partial charge < -0.3 is 10.1 Å². The van der Waals surface area contributed by atoms with Crippen molar-refractivity contribution in [1.29, 1.82) is 0 Å². The summed E-state index contributed by atoms with van der Waals surface area (Å²) >= 11 is 0.937. The van der Waals surface area contributed by atoms with Crippen LogP contribution in [0.3, 0.4) is 0 Å². The van der Waals surface area contributed by atoms with Gasteiger partial charge in [-0.2, -0.15) is 0 Å². The van der Waals surface area contributed by atoms with Gasteiger partial charge in [0, 0.05) is 11.3 Å². The normalized spacial score (nSPS) is 15.8. The average molecular weight is 354 g/mol. The van der Waals surface area contributed by atoms with E-state index in [1.54, 1.807) is 13.2 Å². The first-order valence-electron chi connectivity index (χ1n) is 7.77. The number of aryl methyl sites for hydroxylation is 1. The number of rotatable bonds is 5. The Bertz CT molecular complexity index is 848.